The van der Waals surface area contributed by atoms with Crippen LogP contribution in [0.1, 0.15) is 12.6 Å². The molecule has 2 aromatic heterocycles. The smallest absolute Gasteiger partial charge is 0.267 e. The molecule has 0 radical (unpaired) electrons. The number of rotatable bonds is 1. The van der Waals surface area contributed by atoms with E-state index in [1.807, 2.05) is 13.0 Å². The average Bonchev–Trinajstić information content (AvgIpc) is 2.18. The highest BCUT2D eigenvalue weighted by Crippen LogP contribution is 2.03. The van der Waals surface area contributed by atoms with Crippen LogP contribution in [0, 0.1) is 0 Å². The number of pyridine rings is 1. The van der Waals surface area contributed by atoms with Crippen LogP contribution in [0.2, 0.25) is 0 Å². The first kappa shape index (κ1) is 7.85. The molecule has 0 aliphatic rings. The second-order valence-corrected chi connectivity index (χ2v) is 2.67. The molecule has 2 aromatic rings. The van der Waals surface area contributed by atoms with E-state index in [0.717, 1.165) is 12.1 Å². The van der Waals surface area contributed by atoms with Crippen molar-refractivity contribution in [3.8, 4) is 0 Å². The first-order chi connectivity index (χ1) is 6.31. The number of fused-ring (bicyclic) bond motifs is 1. The molecule has 0 bridgehead atoms. The lowest BCUT2D eigenvalue weighted by Crippen LogP contribution is -2.10. The van der Waals surface area contributed by atoms with Gasteiger partial charge in [-0.3, -0.25) is 4.79 Å². The Kier molecular flexibility index (Phi) is 1.77. The minimum Gasteiger partial charge on any atom is -0.267 e. The first-order valence-electron chi connectivity index (χ1n) is 4.02. The first-order valence-corrected chi connectivity index (χ1v) is 4.02. The molecule has 13 heavy (non-hydrogen) atoms. The van der Waals surface area contributed by atoms with Crippen molar-refractivity contribution in [2.24, 2.45) is 0 Å². The summed E-state index contributed by atoms with van der Waals surface area (Å²) in [6.07, 6.45) is 0.824. The second kappa shape index (κ2) is 2.93. The predicted octanol–water partition coefficient (Wildman–Crippen LogP) is 0.275. The topological polar surface area (TPSA) is 71.5 Å². The Balaban J connectivity index is 2.80. The zero-order valence-electron chi connectivity index (χ0n) is 7.11. The summed E-state index contributed by atoms with van der Waals surface area (Å²) in [7, 11) is 0. The molecule has 0 spiro atoms. The summed E-state index contributed by atoms with van der Waals surface area (Å²) in [5.41, 5.74) is 1.07. The van der Waals surface area contributed by atoms with Crippen LogP contribution in [-0.4, -0.2) is 20.4 Å². The Morgan fingerprint density at radius 2 is 2.31 bits per heavy atom. The van der Waals surface area contributed by atoms with Gasteiger partial charge in [-0.25, -0.2) is 10.1 Å². The van der Waals surface area contributed by atoms with Gasteiger partial charge in [0, 0.05) is 5.69 Å². The molecule has 0 atom stereocenters. The van der Waals surface area contributed by atoms with E-state index in [4.69, 9.17) is 0 Å². The van der Waals surface area contributed by atoms with Crippen LogP contribution in [0.4, 0.5) is 0 Å². The highest BCUT2D eigenvalue weighted by molar-refractivity contribution is 5.72. The molecule has 2 rings (SSSR count). The van der Waals surface area contributed by atoms with Crippen LogP contribution in [0.3, 0.4) is 0 Å². The lowest BCUT2D eigenvalue weighted by atomic mass is 10.2. The lowest BCUT2D eigenvalue weighted by molar-refractivity contribution is 0.858. The van der Waals surface area contributed by atoms with Gasteiger partial charge >= 0.3 is 0 Å². The third-order valence-corrected chi connectivity index (χ3v) is 1.84. The Bertz CT molecular complexity index is 491. The number of nitrogens with zero attached hydrogens (tertiary/aromatic N) is 3. The third kappa shape index (κ3) is 1.28. The van der Waals surface area contributed by atoms with Crippen molar-refractivity contribution in [2.45, 2.75) is 13.3 Å². The van der Waals surface area contributed by atoms with Gasteiger partial charge in [-0.2, -0.15) is 0 Å². The van der Waals surface area contributed by atoms with Crippen molar-refractivity contribution >= 4 is 11.0 Å². The minimum absolute atomic E-state index is 0.250. The fraction of sp³-hybridized carbons (Fsp3) is 0.250. The SMILES string of the molecule is CCc1ccc2c(=O)[nH]nnc2n1. The molecule has 0 aliphatic heterocycles. The number of nitrogens with one attached hydrogen (secondary N) is 1. The van der Waals surface area contributed by atoms with Crippen LogP contribution in [0.15, 0.2) is 16.9 Å². The molecule has 1 N–H and O–H groups in total. The van der Waals surface area contributed by atoms with Crippen molar-refractivity contribution in [2.75, 3.05) is 0 Å². The number of aromatic nitrogens is 4. The van der Waals surface area contributed by atoms with Gasteiger partial charge in [-0.15, -0.1) is 5.10 Å². The largest absolute Gasteiger partial charge is 0.276 e. The maximum absolute atomic E-state index is 11.2. The van der Waals surface area contributed by atoms with Crippen molar-refractivity contribution in [3.05, 3.63) is 28.2 Å². The summed E-state index contributed by atoms with van der Waals surface area (Å²) in [5, 5.41) is 9.91. The zero-order valence-corrected chi connectivity index (χ0v) is 7.11. The number of aryl methyl sites for hydroxylation is 1. The minimum atomic E-state index is -0.250. The van der Waals surface area contributed by atoms with Crippen LogP contribution < -0.4 is 5.56 Å². The highest BCUT2D eigenvalue weighted by atomic mass is 16.1. The van der Waals surface area contributed by atoms with Crippen LogP contribution in [-0.2, 0) is 6.42 Å². The van der Waals surface area contributed by atoms with Gasteiger partial charge in [0.2, 0.25) is 0 Å². The molecule has 5 nitrogen and oxygen atoms in total. The molecule has 2 heterocycles. The molecule has 0 saturated heterocycles. The summed E-state index contributed by atoms with van der Waals surface area (Å²) >= 11 is 0. The Hall–Kier alpha value is -1.78. The number of hydrogen-bond donors (Lipinski definition) is 1. The molecule has 0 aliphatic carbocycles. The highest BCUT2D eigenvalue weighted by Gasteiger charge is 2.01. The van der Waals surface area contributed by atoms with Gasteiger partial charge in [0.15, 0.2) is 5.65 Å². The predicted molar refractivity (Wildman–Crippen MR) is 47.3 cm³/mol. The summed E-state index contributed by atoms with van der Waals surface area (Å²) in [4.78, 5) is 15.3. The van der Waals surface area contributed by atoms with Crippen LogP contribution >= 0.6 is 0 Å². The molecule has 0 fully saturated rings. The lowest BCUT2D eigenvalue weighted by Gasteiger charge is -1.96. The maximum atomic E-state index is 11.2. The van der Waals surface area contributed by atoms with E-state index < -0.39 is 0 Å². The average molecular weight is 176 g/mol. The van der Waals surface area contributed by atoms with Crippen molar-refractivity contribution in [1.82, 2.24) is 20.4 Å². The van der Waals surface area contributed by atoms with E-state index in [1.54, 1.807) is 6.07 Å². The number of hydrogen-bond acceptors (Lipinski definition) is 4. The van der Waals surface area contributed by atoms with Crippen molar-refractivity contribution in [3.63, 3.8) is 0 Å². The molecule has 0 unspecified atom stereocenters. The molecule has 66 valence electrons. The quantitative estimate of drug-likeness (QED) is 0.677. The summed E-state index contributed by atoms with van der Waals surface area (Å²) < 4.78 is 0. The molecular weight excluding hydrogens is 168 g/mol. The van der Waals surface area contributed by atoms with Gasteiger partial charge in [0.25, 0.3) is 5.56 Å². The summed E-state index contributed by atoms with van der Waals surface area (Å²) in [6, 6.07) is 3.54. The van der Waals surface area contributed by atoms with E-state index >= 15 is 0 Å². The molecule has 0 saturated carbocycles. The molecule has 0 aromatic carbocycles. The maximum Gasteiger partial charge on any atom is 0.276 e. The Morgan fingerprint density at radius 3 is 3.08 bits per heavy atom. The van der Waals surface area contributed by atoms with Gasteiger partial charge in [0.1, 0.15) is 0 Å². The van der Waals surface area contributed by atoms with Crippen LogP contribution in [0.5, 0.6) is 0 Å². The third-order valence-electron chi connectivity index (χ3n) is 1.84. The monoisotopic (exact) mass is 176 g/mol. The van der Waals surface area contributed by atoms with Gasteiger partial charge in [-0.05, 0) is 18.6 Å². The van der Waals surface area contributed by atoms with Crippen LogP contribution in [0.25, 0.3) is 11.0 Å². The standard InChI is InChI=1S/C8H8N4O/c1-2-5-3-4-6-7(9-5)10-12-11-8(6)13/h3-4H,2H2,1H3,(H,9,10,11,13). The van der Waals surface area contributed by atoms with E-state index in [1.165, 1.54) is 0 Å². The van der Waals surface area contributed by atoms with E-state index in [9.17, 15) is 4.79 Å². The van der Waals surface area contributed by atoms with E-state index in [-0.39, 0.29) is 5.56 Å². The normalized spacial score (nSPS) is 10.5. The number of aromatic amines is 1. The molecule has 0 amide bonds. The van der Waals surface area contributed by atoms with Gasteiger partial charge < -0.3 is 0 Å². The number of H-pyrrole nitrogens is 1. The molecular formula is C8H8N4O. The summed E-state index contributed by atoms with van der Waals surface area (Å²) in [6.45, 7) is 1.99. The summed E-state index contributed by atoms with van der Waals surface area (Å²) in [5.74, 6) is 0. The zero-order chi connectivity index (χ0) is 9.26. The Morgan fingerprint density at radius 1 is 1.46 bits per heavy atom. The van der Waals surface area contributed by atoms with E-state index in [2.05, 4.69) is 20.4 Å². The van der Waals surface area contributed by atoms with Gasteiger partial charge in [-0.1, -0.05) is 12.1 Å². The fourth-order valence-electron chi connectivity index (χ4n) is 1.12. The Labute approximate surface area is 73.8 Å². The fourth-order valence-corrected chi connectivity index (χ4v) is 1.12. The van der Waals surface area contributed by atoms with E-state index in [0.29, 0.717) is 11.0 Å². The second-order valence-electron chi connectivity index (χ2n) is 2.67. The molecule has 5 heteroatoms. The van der Waals surface area contributed by atoms with Crippen molar-refractivity contribution < 1.29 is 0 Å². The van der Waals surface area contributed by atoms with Crippen molar-refractivity contribution in [1.29, 1.82) is 0 Å². The van der Waals surface area contributed by atoms with Gasteiger partial charge in [0.05, 0.1) is 5.39 Å².